The van der Waals surface area contributed by atoms with Gasteiger partial charge in [-0.2, -0.15) is 0 Å². The van der Waals surface area contributed by atoms with Crippen molar-refractivity contribution in [3.8, 4) is 16.2 Å². The monoisotopic (exact) mass is 603 g/mol. The molecule has 12 heteroatoms. The lowest BCUT2D eigenvalue weighted by atomic mass is 9.89. The van der Waals surface area contributed by atoms with Gasteiger partial charge in [-0.3, -0.25) is 4.79 Å². The number of carbonyl (C=O) groups excluding carboxylic acids is 1. The zero-order valence-corrected chi connectivity index (χ0v) is 24.4. The maximum Gasteiger partial charge on any atom is 0.349 e. The molecule has 4 N–H and O–H groups in total. The van der Waals surface area contributed by atoms with E-state index in [1.807, 2.05) is 42.5 Å². The number of amides is 1. The Labute approximate surface area is 245 Å². The second kappa shape index (κ2) is 12.9. The van der Waals surface area contributed by atoms with Crippen LogP contribution in [0.3, 0.4) is 0 Å². The Bertz CT molecular complexity index is 1400. The average Bonchev–Trinajstić information content (AvgIpc) is 3.23. The van der Waals surface area contributed by atoms with Crippen LogP contribution in [0.1, 0.15) is 41.9 Å². The van der Waals surface area contributed by atoms with E-state index >= 15 is 0 Å². The molecule has 2 aromatic carbocycles. The first-order valence-corrected chi connectivity index (χ1v) is 14.7. The zero-order valence-electron chi connectivity index (χ0n) is 22.0. The van der Waals surface area contributed by atoms with Crippen LogP contribution in [-0.2, 0) is 15.3 Å². The molecule has 4 rings (SSSR count). The second-order valence-electron chi connectivity index (χ2n) is 9.96. The molecule has 1 atom stereocenters. The number of hydrogen-bond donors (Lipinski definition) is 4. The highest BCUT2D eigenvalue weighted by Crippen LogP contribution is 2.46. The Kier molecular flexibility index (Phi) is 9.62. The minimum absolute atomic E-state index is 0.0688. The molecule has 0 aliphatic carbocycles. The molecule has 1 fully saturated rings. The predicted molar refractivity (Wildman–Crippen MR) is 160 cm³/mol. The molecule has 2 heterocycles. The molecule has 1 aromatic heterocycles. The fraction of sp³-hybridized carbons (Fsp3) is 0.321. The van der Waals surface area contributed by atoms with E-state index in [1.54, 1.807) is 11.9 Å². The summed E-state index contributed by atoms with van der Waals surface area (Å²) in [6.45, 7) is 4.66. The van der Waals surface area contributed by atoms with E-state index in [0.717, 1.165) is 53.4 Å². The van der Waals surface area contributed by atoms with Gasteiger partial charge in [0.15, 0.2) is 17.2 Å². The number of carboxylic acids is 2. The fourth-order valence-electron chi connectivity index (χ4n) is 4.69. The highest BCUT2D eigenvalue weighted by atomic mass is 35.5. The van der Waals surface area contributed by atoms with Crippen LogP contribution in [0.2, 0.25) is 5.02 Å². The summed E-state index contributed by atoms with van der Waals surface area (Å²) < 4.78 is 7.62. The fourth-order valence-corrected chi connectivity index (χ4v) is 7.23. The largest absolute Gasteiger partial charge is 0.479 e. The smallest absolute Gasteiger partial charge is 0.349 e. The number of halogens is 1. The van der Waals surface area contributed by atoms with Crippen LogP contribution in [-0.4, -0.2) is 57.6 Å². The Morgan fingerprint density at radius 3 is 2.65 bits per heavy atom. The first-order valence-electron chi connectivity index (χ1n) is 12.5. The number of thiophene rings is 1. The van der Waals surface area contributed by atoms with E-state index in [4.69, 9.17) is 21.4 Å². The van der Waals surface area contributed by atoms with E-state index < -0.39 is 18.5 Å². The summed E-state index contributed by atoms with van der Waals surface area (Å²) in [5, 5.41) is 24.9. The van der Waals surface area contributed by atoms with E-state index in [2.05, 4.69) is 34.9 Å². The molecule has 212 valence electrons. The minimum Gasteiger partial charge on any atom is -0.479 e. The number of aromatic carboxylic acids is 1. The van der Waals surface area contributed by atoms with Gasteiger partial charge in [-0.1, -0.05) is 47.8 Å². The molecule has 0 spiro atoms. The zero-order chi connectivity index (χ0) is 28.9. The normalized spacial score (nSPS) is 16.7. The molecule has 0 saturated carbocycles. The summed E-state index contributed by atoms with van der Waals surface area (Å²) in [7, 11) is 0. The van der Waals surface area contributed by atoms with Gasteiger partial charge < -0.3 is 25.6 Å². The Balaban J connectivity index is 1.42. The van der Waals surface area contributed by atoms with Crippen LogP contribution in [0, 0.1) is 0 Å². The minimum atomic E-state index is -1.23. The van der Waals surface area contributed by atoms with Crippen molar-refractivity contribution in [3.05, 3.63) is 64.0 Å². The lowest BCUT2D eigenvalue weighted by Gasteiger charge is -2.45. The van der Waals surface area contributed by atoms with Gasteiger partial charge >= 0.3 is 11.9 Å². The van der Waals surface area contributed by atoms with Crippen molar-refractivity contribution < 1.29 is 29.3 Å². The van der Waals surface area contributed by atoms with E-state index in [-0.39, 0.29) is 27.2 Å². The molecule has 1 saturated heterocycles. The van der Waals surface area contributed by atoms with E-state index in [1.165, 1.54) is 0 Å². The van der Waals surface area contributed by atoms with Crippen molar-refractivity contribution in [2.75, 3.05) is 23.8 Å². The van der Waals surface area contributed by atoms with Gasteiger partial charge in [-0.15, -0.1) is 11.3 Å². The van der Waals surface area contributed by atoms with Crippen molar-refractivity contribution in [2.24, 2.45) is 0 Å². The first kappa shape index (κ1) is 29.7. The van der Waals surface area contributed by atoms with Gasteiger partial charge in [0.2, 0.25) is 6.41 Å². The van der Waals surface area contributed by atoms with Crippen molar-refractivity contribution >= 4 is 64.6 Å². The Morgan fingerprint density at radius 1 is 1.20 bits per heavy atom. The lowest BCUT2D eigenvalue weighted by Crippen LogP contribution is -2.49. The van der Waals surface area contributed by atoms with Gasteiger partial charge in [0, 0.05) is 35.3 Å². The number of carbonyl (C=O) groups is 3. The number of aliphatic carboxylic acids is 1. The van der Waals surface area contributed by atoms with Crippen LogP contribution in [0.4, 0.5) is 11.4 Å². The number of nitrogens with one attached hydrogen (secondary N) is 2. The average molecular weight is 604 g/mol. The topological polar surface area (TPSA) is 128 Å². The second-order valence-corrected chi connectivity index (χ2v) is 12.3. The molecule has 1 aliphatic heterocycles. The number of benzene rings is 2. The lowest BCUT2D eigenvalue weighted by molar-refractivity contribution is -0.139. The van der Waals surface area contributed by atoms with Crippen LogP contribution in [0.15, 0.2) is 48.5 Å². The molecule has 1 aliphatic rings. The molecule has 0 radical (unpaired) electrons. The summed E-state index contributed by atoms with van der Waals surface area (Å²) in [5.74, 6) is -1.78. The maximum atomic E-state index is 11.7. The molecule has 0 bridgehead atoms. The molecule has 9 nitrogen and oxygen atoms in total. The predicted octanol–water partition coefficient (Wildman–Crippen LogP) is 6.30. The standard InChI is InChI=1S/C28H30ClN3O6S2/c1-28(2)13-21(9-10-32(28)39-15-17-5-3-7-19(11-17)30-16-33)31-20-8-4-6-18(12-20)25-23(29)24(38-14-22(34)35)26(40-25)27(36)37/h3-8,11-12,16,21,31H,9-10,13-15H2,1-2H3,(H,30,33)(H,34,35)(H,36,37). The summed E-state index contributed by atoms with van der Waals surface area (Å²) >= 11 is 9.21. The van der Waals surface area contributed by atoms with Crippen LogP contribution < -0.4 is 15.4 Å². The number of piperidine rings is 1. The van der Waals surface area contributed by atoms with Crippen molar-refractivity contribution in [3.63, 3.8) is 0 Å². The summed E-state index contributed by atoms with van der Waals surface area (Å²) in [4.78, 5) is 33.8. The maximum absolute atomic E-state index is 11.7. The quantitative estimate of drug-likeness (QED) is 0.139. The molecule has 3 aromatic rings. The number of anilines is 2. The van der Waals surface area contributed by atoms with Crippen molar-refractivity contribution in [2.45, 2.75) is 44.0 Å². The number of hydrogen-bond acceptors (Lipinski definition) is 8. The van der Waals surface area contributed by atoms with Gasteiger partial charge in [0.1, 0.15) is 5.02 Å². The van der Waals surface area contributed by atoms with Crippen LogP contribution in [0.25, 0.3) is 10.4 Å². The summed E-state index contributed by atoms with van der Waals surface area (Å²) in [5.41, 5.74) is 3.45. The van der Waals surface area contributed by atoms with Crippen LogP contribution >= 0.6 is 34.9 Å². The Morgan fingerprint density at radius 2 is 1.95 bits per heavy atom. The number of nitrogens with zero attached hydrogens (tertiary/aromatic N) is 1. The van der Waals surface area contributed by atoms with Gasteiger partial charge in [0.25, 0.3) is 0 Å². The number of ether oxygens (including phenoxy) is 1. The van der Waals surface area contributed by atoms with Crippen molar-refractivity contribution in [1.29, 1.82) is 0 Å². The van der Waals surface area contributed by atoms with Crippen LogP contribution in [0.5, 0.6) is 5.75 Å². The molecular formula is C28H30ClN3O6S2. The Hall–Kier alpha value is -3.25. The van der Waals surface area contributed by atoms with Crippen molar-refractivity contribution in [1.82, 2.24) is 4.31 Å². The highest BCUT2D eigenvalue weighted by molar-refractivity contribution is 7.96. The third-order valence-corrected chi connectivity index (χ3v) is 9.61. The van der Waals surface area contributed by atoms with E-state index in [9.17, 15) is 19.5 Å². The molecule has 1 unspecified atom stereocenters. The molecule has 40 heavy (non-hydrogen) atoms. The van der Waals surface area contributed by atoms with Gasteiger partial charge in [0.05, 0.1) is 4.88 Å². The highest BCUT2D eigenvalue weighted by Gasteiger charge is 2.35. The molecular weight excluding hydrogens is 574 g/mol. The first-order chi connectivity index (χ1) is 19.1. The third-order valence-electron chi connectivity index (χ3n) is 6.48. The SMILES string of the molecule is CC1(C)CC(Nc2cccc(-c3sc(C(=O)O)c(OCC(=O)O)c3Cl)c2)CCN1SCc1cccc(NC=O)c1. The number of carboxylic acid groups (broad SMARTS) is 2. The third kappa shape index (κ3) is 7.28. The van der Waals surface area contributed by atoms with Gasteiger partial charge in [-0.05, 0) is 62.1 Å². The summed E-state index contributed by atoms with van der Waals surface area (Å²) in [6.07, 6.45) is 2.52. The van der Waals surface area contributed by atoms with E-state index in [0.29, 0.717) is 16.9 Å². The van der Waals surface area contributed by atoms with Gasteiger partial charge in [-0.25, -0.2) is 13.9 Å². The number of rotatable bonds is 12. The molecule has 1 amide bonds. The summed E-state index contributed by atoms with van der Waals surface area (Å²) in [6, 6.07) is 15.6.